The predicted octanol–water partition coefficient (Wildman–Crippen LogP) is 5.14. The Morgan fingerprint density at radius 1 is 1.23 bits per heavy atom. The van der Waals surface area contributed by atoms with E-state index < -0.39 is 23.9 Å². The first-order valence-corrected chi connectivity index (χ1v) is 14.7. The molecule has 1 aliphatic carbocycles. The molecule has 1 amide bonds. The Morgan fingerprint density at radius 2 is 2.02 bits per heavy atom. The van der Waals surface area contributed by atoms with E-state index >= 15 is 0 Å². The SMILES string of the molecule is C[C@@H](OC1C=C(n2cnc3cc(-c4cnn(C)c4)ccc32)C=C(C(N)=O)C1=S)c1ccc(F)c(OC2CCNCC2)c1Cl. The Morgan fingerprint density at radius 3 is 2.74 bits per heavy atom. The number of fused-ring (bicyclic) bond motifs is 1. The van der Waals surface area contributed by atoms with E-state index in [2.05, 4.69) is 15.4 Å². The molecule has 0 radical (unpaired) electrons. The fourth-order valence-corrected chi connectivity index (χ4v) is 6.04. The fraction of sp³-hybridized carbons (Fsp3) is 0.290. The molecule has 4 aromatic rings. The molecule has 9 nitrogen and oxygen atoms in total. The number of nitrogens with one attached hydrogen (secondary N) is 1. The van der Waals surface area contributed by atoms with Crippen molar-refractivity contribution in [1.82, 2.24) is 24.6 Å². The zero-order chi connectivity index (χ0) is 30.2. The summed E-state index contributed by atoms with van der Waals surface area (Å²) in [6.07, 6.45) is 8.81. The van der Waals surface area contributed by atoms with Crippen LogP contribution in [0.5, 0.6) is 5.75 Å². The molecule has 2 aromatic heterocycles. The topological polar surface area (TPSA) is 109 Å². The van der Waals surface area contributed by atoms with Crippen LogP contribution in [0.3, 0.4) is 0 Å². The van der Waals surface area contributed by atoms with Crippen LogP contribution in [0.15, 0.2) is 66.8 Å². The van der Waals surface area contributed by atoms with Gasteiger partial charge in [-0.3, -0.25) is 14.0 Å². The second-order valence-corrected chi connectivity index (χ2v) is 11.5. The van der Waals surface area contributed by atoms with Gasteiger partial charge in [0.05, 0.1) is 38.8 Å². The van der Waals surface area contributed by atoms with Gasteiger partial charge in [0.2, 0.25) is 5.91 Å². The van der Waals surface area contributed by atoms with Gasteiger partial charge in [0.1, 0.15) is 18.5 Å². The van der Waals surface area contributed by atoms with Gasteiger partial charge < -0.3 is 20.5 Å². The Kier molecular flexibility index (Phi) is 8.15. The van der Waals surface area contributed by atoms with Gasteiger partial charge in [-0.1, -0.05) is 36.0 Å². The van der Waals surface area contributed by atoms with E-state index in [1.807, 2.05) is 42.1 Å². The summed E-state index contributed by atoms with van der Waals surface area (Å²) in [5.74, 6) is -1.19. The number of aryl methyl sites for hydroxylation is 1. The smallest absolute Gasteiger partial charge is 0.250 e. The first-order valence-electron chi connectivity index (χ1n) is 13.9. The molecular formula is C31H30ClFN6O3S. The van der Waals surface area contributed by atoms with Crippen LogP contribution < -0.4 is 15.8 Å². The Balaban J connectivity index is 1.30. The lowest BCUT2D eigenvalue weighted by molar-refractivity contribution is -0.114. The summed E-state index contributed by atoms with van der Waals surface area (Å²) in [7, 11) is 1.87. The van der Waals surface area contributed by atoms with Gasteiger partial charge in [-0.25, -0.2) is 9.37 Å². The molecule has 2 aliphatic rings. The molecular weight excluding hydrogens is 591 g/mol. The Hall–Kier alpha value is -3.90. The molecule has 0 saturated carbocycles. The summed E-state index contributed by atoms with van der Waals surface area (Å²) in [5, 5.41) is 7.66. The number of hydrogen-bond donors (Lipinski definition) is 2. The number of amides is 1. The van der Waals surface area contributed by atoms with Crippen molar-refractivity contribution in [3.63, 3.8) is 0 Å². The minimum Gasteiger partial charge on any atom is -0.486 e. The number of piperidine rings is 1. The van der Waals surface area contributed by atoms with Gasteiger partial charge in [0, 0.05) is 30.1 Å². The van der Waals surface area contributed by atoms with Crippen molar-refractivity contribution >= 4 is 51.3 Å². The lowest BCUT2D eigenvalue weighted by Gasteiger charge is -2.28. The molecule has 0 bridgehead atoms. The van der Waals surface area contributed by atoms with E-state index in [1.165, 1.54) is 6.07 Å². The minimum absolute atomic E-state index is 0.0113. The molecule has 12 heteroatoms. The van der Waals surface area contributed by atoms with Crippen molar-refractivity contribution in [3.05, 3.63) is 83.2 Å². The maximum atomic E-state index is 14.8. The summed E-state index contributed by atoms with van der Waals surface area (Å²) in [6.45, 7) is 3.38. The number of rotatable bonds is 8. The second-order valence-electron chi connectivity index (χ2n) is 10.6. The van der Waals surface area contributed by atoms with Gasteiger partial charge >= 0.3 is 0 Å². The highest BCUT2D eigenvalue weighted by molar-refractivity contribution is 7.81. The van der Waals surface area contributed by atoms with Crippen molar-refractivity contribution in [2.45, 2.75) is 38.1 Å². The third-order valence-electron chi connectivity index (χ3n) is 7.71. The average Bonchev–Trinajstić information content (AvgIpc) is 3.62. The van der Waals surface area contributed by atoms with Crippen LogP contribution in [0.4, 0.5) is 4.39 Å². The normalized spacial score (nSPS) is 18.4. The zero-order valence-corrected chi connectivity index (χ0v) is 25.2. The van der Waals surface area contributed by atoms with E-state index in [1.54, 1.807) is 36.3 Å². The standard InChI is InChI=1S/C31H30ClFN6O3S/c1-17(22-4-5-24(33)29(28(22)32)42-21-7-9-35-10-8-21)41-27-13-20(12-23(30(27)43)31(34)40)39-16-36-25-11-18(3-6-26(25)39)19-14-37-38(2)15-19/h3-6,11-17,21,27,35H,7-10H2,1-2H3,(H2,34,40)/t17-,27?/m1/s1. The van der Waals surface area contributed by atoms with Crippen molar-refractivity contribution in [2.75, 3.05) is 13.1 Å². The summed E-state index contributed by atoms with van der Waals surface area (Å²) >= 11 is 12.3. The number of thiocarbonyl (C=S) groups is 1. The van der Waals surface area contributed by atoms with Crippen molar-refractivity contribution in [3.8, 4) is 16.9 Å². The highest BCUT2D eigenvalue weighted by Crippen LogP contribution is 2.38. The van der Waals surface area contributed by atoms with E-state index in [4.69, 9.17) is 39.0 Å². The number of imidazole rings is 1. The molecule has 3 N–H and O–H groups in total. The van der Waals surface area contributed by atoms with Crippen LogP contribution in [0.2, 0.25) is 5.02 Å². The number of allylic oxidation sites excluding steroid dienone is 2. The summed E-state index contributed by atoms with van der Waals surface area (Å²) < 4.78 is 30.8. The molecule has 6 rings (SSSR count). The van der Waals surface area contributed by atoms with Crippen molar-refractivity contribution < 1.29 is 18.7 Å². The number of ether oxygens (including phenoxy) is 2. The van der Waals surface area contributed by atoms with Gasteiger partial charge in [0.15, 0.2) is 11.6 Å². The second kappa shape index (κ2) is 12.0. The lowest BCUT2D eigenvalue weighted by Crippen LogP contribution is -2.34. The zero-order valence-electron chi connectivity index (χ0n) is 23.6. The number of halogens is 2. The molecule has 222 valence electrons. The third-order valence-corrected chi connectivity index (χ3v) is 8.55. The quantitative estimate of drug-likeness (QED) is 0.263. The van der Waals surface area contributed by atoms with Crippen molar-refractivity contribution in [1.29, 1.82) is 0 Å². The number of nitrogens with two attached hydrogens (primary N) is 1. The molecule has 2 aromatic carbocycles. The van der Waals surface area contributed by atoms with Crippen molar-refractivity contribution in [2.24, 2.45) is 12.8 Å². The summed E-state index contributed by atoms with van der Waals surface area (Å²) in [4.78, 5) is 17.3. The lowest BCUT2D eigenvalue weighted by atomic mass is 9.98. The molecule has 1 fully saturated rings. The first kappa shape index (κ1) is 29.2. The fourth-order valence-electron chi connectivity index (χ4n) is 5.41. The van der Waals surface area contributed by atoms with Gasteiger partial charge in [-0.15, -0.1) is 0 Å². The minimum atomic E-state index is -0.797. The third kappa shape index (κ3) is 5.85. The number of benzene rings is 2. The monoisotopic (exact) mass is 620 g/mol. The molecule has 1 unspecified atom stereocenters. The van der Waals surface area contributed by atoms with Gasteiger partial charge in [-0.2, -0.15) is 5.10 Å². The van der Waals surface area contributed by atoms with Crippen LogP contribution in [0, 0.1) is 5.82 Å². The van der Waals surface area contributed by atoms with Crippen LogP contribution >= 0.6 is 23.8 Å². The number of hydrogen-bond acceptors (Lipinski definition) is 7. The van der Waals surface area contributed by atoms with E-state index in [0.29, 0.717) is 11.3 Å². The average molecular weight is 621 g/mol. The van der Waals surface area contributed by atoms with E-state index in [9.17, 15) is 9.18 Å². The largest absolute Gasteiger partial charge is 0.486 e. The Labute approximate surface area is 258 Å². The highest BCUT2D eigenvalue weighted by Gasteiger charge is 2.30. The van der Waals surface area contributed by atoms with E-state index in [-0.39, 0.29) is 27.3 Å². The number of nitrogens with zero attached hydrogens (tertiary/aromatic N) is 4. The van der Waals surface area contributed by atoms with Crippen LogP contribution in [0.1, 0.15) is 31.4 Å². The highest BCUT2D eigenvalue weighted by atomic mass is 35.5. The molecule has 1 aliphatic heterocycles. The van der Waals surface area contributed by atoms with Gasteiger partial charge in [-0.05, 0) is 68.8 Å². The predicted molar refractivity (Wildman–Crippen MR) is 167 cm³/mol. The summed E-state index contributed by atoms with van der Waals surface area (Å²) in [6, 6.07) is 8.81. The first-order chi connectivity index (χ1) is 20.7. The molecule has 2 atom stereocenters. The van der Waals surface area contributed by atoms with Crippen LogP contribution in [-0.2, 0) is 16.6 Å². The van der Waals surface area contributed by atoms with Crippen LogP contribution in [-0.4, -0.2) is 55.4 Å². The molecule has 3 heterocycles. The summed E-state index contributed by atoms with van der Waals surface area (Å²) in [5.41, 5.74) is 10.6. The number of primary amides is 1. The van der Waals surface area contributed by atoms with Gasteiger partial charge in [0.25, 0.3) is 0 Å². The maximum Gasteiger partial charge on any atom is 0.250 e. The maximum absolute atomic E-state index is 14.8. The van der Waals surface area contributed by atoms with Crippen LogP contribution in [0.25, 0.3) is 27.9 Å². The number of carbonyl (C=O) groups excluding carboxylic acids is 1. The van der Waals surface area contributed by atoms with E-state index in [0.717, 1.165) is 48.1 Å². The number of carbonyl (C=O) groups is 1. The molecule has 0 spiro atoms. The number of aromatic nitrogens is 4. The Bertz CT molecular complexity index is 1790. The molecule has 1 saturated heterocycles. The molecule has 43 heavy (non-hydrogen) atoms.